The molecule has 0 radical (unpaired) electrons. The van der Waals surface area contributed by atoms with Gasteiger partial charge in [0.05, 0.1) is 25.8 Å². The van der Waals surface area contributed by atoms with Crippen molar-refractivity contribution in [2.45, 2.75) is 58.3 Å². The minimum Gasteiger partial charge on any atom is -0.496 e. The Hall–Kier alpha value is -4.99. The highest BCUT2D eigenvalue weighted by molar-refractivity contribution is 5.97. The number of benzene rings is 1. The Morgan fingerprint density at radius 3 is 2.26 bits per heavy atom. The van der Waals surface area contributed by atoms with Crippen LogP contribution in [0, 0.1) is 0 Å². The molecule has 0 spiro atoms. The van der Waals surface area contributed by atoms with Crippen LogP contribution in [-0.2, 0) is 38.1 Å². The van der Waals surface area contributed by atoms with E-state index in [4.69, 9.17) is 32.8 Å². The van der Waals surface area contributed by atoms with Gasteiger partial charge in [0.2, 0.25) is 5.91 Å². The van der Waals surface area contributed by atoms with E-state index in [0.29, 0.717) is 22.4 Å². The second-order valence-electron chi connectivity index (χ2n) is 9.51. The number of ether oxygens (including phenoxy) is 6. The summed E-state index contributed by atoms with van der Waals surface area (Å²) in [5, 5.41) is 11.4. The van der Waals surface area contributed by atoms with Crippen LogP contribution in [0.3, 0.4) is 0 Å². The van der Waals surface area contributed by atoms with Crippen molar-refractivity contribution in [2.75, 3.05) is 20.8 Å². The first-order valence-corrected chi connectivity index (χ1v) is 12.9. The van der Waals surface area contributed by atoms with E-state index in [1.807, 2.05) is 0 Å². The summed E-state index contributed by atoms with van der Waals surface area (Å²) in [5.74, 6) is -1.93. The Bertz CT molecular complexity index is 1600. The normalized spacial score (nSPS) is 21.5. The number of carbonyl (C=O) groups excluding carboxylic acids is 4. The molecule has 1 saturated heterocycles. The Balaban J connectivity index is 1.84. The van der Waals surface area contributed by atoms with Crippen LogP contribution in [0.25, 0.3) is 22.2 Å². The number of rotatable bonds is 9. The van der Waals surface area contributed by atoms with Gasteiger partial charge in [-0.25, -0.2) is 9.48 Å². The predicted octanol–water partition coefficient (Wildman–Crippen LogP) is 0.897. The molecule has 1 aromatic carbocycles. The Morgan fingerprint density at radius 2 is 1.65 bits per heavy atom. The van der Waals surface area contributed by atoms with Crippen molar-refractivity contribution in [1.29, 1.82) is 0 Å². The standard InChI is InChI=1S/C27H30N4O12/c1-12(32)28-24-26(41-15(4)35)25(40-14(3)34)21(11-39-13(2)33)43-27(24)31-10-18(29-30-31)17-9-22(36)42-20-8-16(37-5)7-19(38-6)23(17)20/h7-10,21,24-27H,11H2,1-6H3,(H,28,32)/t21-,24-,25-,26-,27-/m1/s1. The molecule has 1 N–H and O–H groups in total. The van der Waals surface area contributed by atoms with Gasteiger partial charge in [0.25, 0.3) is 0 Å². The molecule has 16 nitrogen and oxygen atoms in total. The van der Waals surface area contributed by atoms with Gasteiger partial charge in [-0.05, 0) is 0 Å². The summed E-state index contributed by atoms with van der Waals surface area (Å²) in [4.78, 5) is 60.5. The summed E-state index contributed by atoms with van der Waals surface area (Å²) in [5.41, 5.74) is -0.0271. The molecule has 1 amide bonds. The van der Waals surface area contributed by atoms with E-state index in [9.17, 15) is 24.0 Å². The monoisotopic (exact) mass is 602 g/mol. The van der Waals surface area contributed by atoms with E-state index < -0.39 is 60.0 Å². The number of aromatic nitrogens is 3. The highest BCUT2D eigenvalue weighted by Gasteiger charge is 2.51. The molecule has 4 rings (SSSR count). The average Bonchev–Trinajstić information content (AvgIpc) is 3.42. The van der Waals surface area contributed by atoms with Crippen LogP contribution in [-0.4, -0.2) is 84.0 Å². The minimum atomic E-state index is -1.30. The van der Waals surface area contributed by atoms with E-state index in [1.54, 1.807) is 6.07 Å². The summed E-state index contributed by atoms with van der Waals surface area (Å²) in [6.07, 6.45) is -3.53. The maximum Gasteiger partial charge on any atom is 0.336 e. The summed E-state index contributed by atoms with van der Waals surface area (Å²) >= 11 is 0. The quantitative estimate of drug-likeness (QED) is 0.206. The van der Waals surface area contributed by atoms with Crippen LogP contribution in [0.1, 0.15) is 33.9 Å². The van der Waals surface area contributed by atoms with Crippen LogP contribution >= 0.6 is 0 Å². The zero-order chi connectivity index (χ0) is 31.4. The molecule has 0 aliphatic carbocycles. The number of methoxy groups -OCH3 is 2. The van der Waals surface area contributed by atoms with Crippen molar-refractivity contribution in [1.82, 2.24) is 20.3 Å². The lowest BCUT2D eigenvalue weighted by molar-refractivity contribution is -0.239. The molecular formula is C27H30N4O12. The third-order valence-electron chi connectivity index (χ3n) is 6.37. The molecule has 43 heavy (non-hydrogen) atoms. The van der Waals surface area contributed by atoms with Gasteiger partial charge in [-0.1, -0.05) is 5.21 Å². The number of carbonyl (C=O) groups is 4. The van der Waals surface area contributed by atoms with Crippen molar-refractivity contribution < 1.29 is 52.0 Å². The molecule has 2 aromatic heterocycles. The molecule has 3 heterocycles. The zero-order valence-corrected chi connectivity index (χ0v) is 24.1. The molecule has 0 bridgehead atoms. The van der Waals surface area contributed by atoms with Gasteiger partial charge in [0.1, 0.15) is 41.5 Å². The lowest BCUT2D eigenvalue weighted by Gasteiger charge is -2.45. The number of fused-ring (bicyclic) bond motifs is 1. The topological polar surface area (TPSA) is 197 Å². The van der Waals surface area contributed by atoms with E-state index in [1.165, 1.54) is 51.1 Å². The van der Waals surface area contributed by atoms with Gasteiger partial charge in [-0.15, -0.1) is 5.10 Å². The molecule has 0 unspecified atom stereocenters. The van der Waals surface area contributed by atoms with Crippen LogP contribution in [0.15, 0.2) is 33.6 Å². The van der Waals surface area contributed by atoms with Gasteiger partial charge in [0.15, 0.2) is 18.4 Å². The molecular weight excluding hydrogens is 572 g/mol. The van der Waals surface area contributed by atoms with Crippen molar-refractivity contribution in [3.8, 4) is 22.8 Å². The minimum absolute atomic E-state index is 0.166. The summed E-state index contributed by atoms with van der Waals surface area (Å²) in [7, 11) is 2.89. The molecule has 3 aromatic rings. The molecule has 1 aliphatic heterocycles. The molecule has 1 aliphatic rings. The van der Waals surface area contributed by atoms with Crippen LogP contribution in [0.4, 0.5) is 0 Å². The van der Waals surface area contributed by atoms with Crippen LogP contribution in [0.2, 0.25) is 0 Å². The lowest BCUT2D eigenvalue weighted by atomic mass is 9.95. The SMILES string of the molecule is COc1cc(OC)c2c(-c3cn([C@@H]4O[C@H](COC(C)=O)[C@@H](OC(C)=O)[C@H](OC(C)=O)[C@H]4NC(C)=O)nn3)cc(=O)oc2c1. The Morgan fingerprint density at radius 1 is 0.953 bits per heavy atom. The second kappa shape index (κ2) is 12.9. The van der Waals surface area contributed by atoms with Gasteiger partial charge >= 0.3 is 23.5 Å². The molecule has 5 atom stereocenters. The van der Waals surface area contributed by atoms with E-state index >= 15 is 0 Å². The van der Waals surface area contributed by atoms with Crippen LogP contribution in [0.5, 0.6) is 11.5 Å². The largest absolute Gasteiger partial charge is 0.496 e. The number of esters is 3. The summed E-state index contributed by atoms with van der Waals surface area (Å²) in [6.45, 7) is 4.31. The smallest absolute Gasteiger partial charge is 0.336 e. The van der Waals surface area contributed by atoms with Crippen LogP contribution < -0.4 is 20.4 Å². The number of amides is 1. The first-order valence-electron chi connectivity index (χ1n) is 12.9. The van der Waals surface area contributed by atoms with Gasteiger partial charge in [0, 0.05) is 51.5 Å². The third-order valence-corrected chi connectivity index (χ3v) is 6.37. The first-order chi connectivity index (χ1) is 20.4. The fraction of sp³-hybridized carbons (Fsp3) is 0.444. The number of hydrogen-bond acceptors (Lipinski definition) is 14. The fourth-order valence-corrected chi connectivity index (χ4v) is 4.78. The molecule has 230 valence electrons. The number of nitrogens with one attached hydrogen (secondary N) is 1. The van der Waals surface area contributed by atoms with E-state index in [-0.39, 0.29) is 17.9 Å². The predicted molar refractivity (Wildman–Crippen MR) is 144 cm³/mol. The van der Waals surface area contributed by atoms with Gasteiger partial charge < -0.3 is 38.2 Å². The van der Waals surface area contributed by atoms with Crippen molar-refractivity contribution in [3.63, 3.8) is 0 Å². The first kappa shape index (κ1) is 31.0. The van der Waals surface area contributed by atoms with Gasteiger partial charge in [-0.3, -0.25) is 19.2 Å². The van der Waals surface area contributed by atoms with Gasteiger partial charge in [-0.2, -0.15) is 0 Å². The summed E-state index contributed by atoms with van der Waals surface area (Å²) in [6, 6.07) is 3.17. The Kier molecular flexibility index (Phi) is 9.28. The fourth-order valence-electron chi connectivity index (χ4n) is 4.78. The molecule has 0 saturated carbocycles. The third kappa shape index (κ3) is 6.91. The second-order valence-corrected chi connectivity index (χ2v) is 9.51. The molecule has 1 fully saturated rings. The average molecular weight is 603 g/mol. The maximum atomic E-state index is 12.5. The molecule has 16 heteroatoms. The highest BCUT2D eigenvalue weighted by atomic mass is 16.6. The lowest BCUT2D eigenvalue weighted by Crippen LogP contribution is -2.64. The zero-order valence-electron chi connectivity index (χ0n) is 24.1. The number of hydrogen-bond donors (Lipinski definition) is 1. The maximum absolute atomic E-state index is 12.5. The van der Waals surface area contributed by atoms with E-state index in [0.717, 1.165) is 13.8 Å². The summed E-state index contributed by atoms with van der Waals surface area (Å²) < 4.78 is 39.6. The van der Waals surface area contributed by atoms with E-state index in [2.05, 4.69) is 15.6 Å². The Labute approximate surface area is 244 Å². The van der Waals surface area contributed by atoms with Crippen molar-refractivity contribution >= 4 is 34.8 Å². The van der Waals surface area contributed by atoms with Crippen molar-refractivity contribution in [2.24, 2.45) is 0 Å². The van der Waals surface area contributed by atoms with Crippen molar-refractivity contribution in [3.05, 3.63) is 34.8 Å². The highest BCUT2D eigenvalue weighted by Crippen LogP contribution is 2.38. The number of nitrogens with zero attached hydrogens (tertiary/aromatic N) is 3.